The average Bonchev–Trinajstić information content (AvgIpc) is 3.08. The van der Waals surface area contributed by atoms with E-state index in [2.05, 4.69) is 15.4 Å². The van der Waals surface area contributed by atoms with E-state index in [4.69, 9.17) is 5.73 Å². The van der Waals surface area contributed by atoms with Crippen LogP contribution in [0.1, 0.15) is 61.9 Å². The van der Waals surface area contributed by atoms with Crippen LogP contribution in [-0.4, -0.2) is 33.3 Å². The first-order valence-corrected chi connectivity index (χ1v) is 9.23. The van der Waals surface area contributed by atoms with Gasteiger partial charge in [0.25, 0.3) is 5.91 Å². The highest BCUT2D eigenvalue weighted by Crippen LogP contribution is 2.24. The number of hydrogen-bond acceptors (Lipinski definition) is 4. The van der Waals surface area contributed by atoms with Crippen molar-refractivity contribution in [2.24, 2.45) is 11.7 Å². The third-order valence-electron chi connectivity index (χ3n) is 4.93. The monoisotopic (exact) mass is 395 g/mol. The third kappa shape index (κ3) is 4.84. The molecule has 0 aliphatic heterocycles. The molecule has 2 unspecified atom stereocenters. The van der Waals surface area contributed by atoms with Crippen LogP contribution in [-0.2, 0) is 0 Å². The van der Waals surface area contributed by atoms with Crippen LogP contribution in [0, 0.1) is 11.7 Å². The van der Waals surface area contributed by atoms with Crippen LogP contribution in [0.4, 0.5) is 4.39 Å². The summed E-state index contributed by atoms with van der Waals surface area (Å²) >= 11 is 0. The van der Waals surface area contributed by atoms with Gasteiger partial charge in [-0.3, -0.25) is 4.79 Å². The summed E-state index contributed by atoms with van der Waals surface area (Å²) < 4.78 is 15.1. The highest BCUT2D eigenvalue weighted by molar-refractivity contribution is 5.90. The lowest BCUT2D eigenvalue weighted by Crippen LogP contribution is -2.45. The predicted molar refractivity (Wildman–Crippen MR) is 105 cm³/mol. The fraction of sp³-hybridized carbons (Fsp3) is 0.526. The van der Waals surface area contributed by atoms with Gasteiger partial charge in [0, 0.05) is 12.0 Å². The minimum atomic E-state index is -0.355. The van der Waals surface area contributed by atoms with Crippen LogP contribution in [0.2, 0.25) is 0 Å². The molecule has 1 aliphatic rings. The summed E-state index contributed by atoms with van der Waals surface area (Å²) in [5.74, 6) is 0.416. The molecular formula is C19H27ClFN5O. The van der Waals surface area contributed by atoms with Crippen LogP contribution >= 0.6 is 12.4 Å². The van der Waals surface area contributed by atoms with E-state index in [0.29, 0.717) is 24.0 Å². The summed E-state index contributed by atoms with van der Waals surface area (Å²) in [5.41, 5.74) is 6.40. The molecule has 1 aliphatic carbocycles. The number of nitrogens with zero attached hydrogens (tertiary/aromatic N) is 3. The lowest BCUT2D eigenvalue weighted by atomic mass is 9.84. The van der Waals surface area contributed by atoms with Gasteiger partial charge in [-0.05, 0) is 43.5 Å². The second-order valence-corrected chi connectivity index (χ2v) is 7.20. The molecule has 1 aromatic heterocycles. The highest BCUT2D eigenvalue weighted by Gasteiger charge is 2.28. The van der Waals surface area contributed by atoms with Gasteiger partial charge in [-0.2, -0.15) is 0 Å². The third-order valence-corrected chi connectivity index (χ3v) is 4.93. The van der Waals surface area contributed by atoms with E-state index in [1.54, 1.807) is 16.8 Å². The molecule has 1 heterocycles. The van der Waals surface area contributed by atoms with Gasteiger partial charge in [0.15, 0.2) is 0 Å². The quantitative estimate of drug-likeness (QED) is 0.813. The Morgan fingerprint density at radius 3 is 2.78 bits per heavy atom. The molecule has 1 fully saturated rings. The summed E-state index contributed by atoms with van der Waals surface area (Å²) in [7, 11) is 0. The van der Waals surface area contributed by atoms with Gasteiger partial charge in [-0.1, -0.05) is 32.8 Å². The molecule has 0 spiro atoms. The topological polar surface area (TPSA) is 85.8 Å². The maximum atomic E-state index is 13.6. The largest absolute Gasteiger partial charge is 0.346 e. The molecule has 0 saturated heterocycles. The predicted octanol–water partition coefficient (Wildman–Crippen LogP) is 3.20. The number of carbonyl (C=O) groups excluding carboxylic acids is 1. The Bertz CT molecular complexity index is 779. The molecular weight excluding hydrogens is 369 g/mol. The van der Waals surface area contributed by atoms with Gasteiger partial charge in [-0.15, -0.1) is 17.5 Å². The van der Waals surface area contributed by atoms with E-state index >= 15 is 0 Å². The van der Waals surface area contributed by atoms with Gasteiger partial charge in [0.1, 0.15) is 11.6 Å². The molecule has 6 nitrogen and oxygen atoms in total. The Labute approximate surface area is 165 Å². The van der Waals surface area contributed by atoms with Gasteiger partial charge in [0.2, 0.25) is 5.82 Å². The van der Waals surface area contributed by atoms with Crippen molar-refractivity contribution in [3.63, 3.8) is 0 Å². The maximum absolute atomic E-state index is 13.6. The van der Waals surface area contributed by atoms with Crippen molar-refractivity contribution in [2.75, 3.05) is 6.54 Å². The Morgan fingerprint density at radius 1 is 1.37 bits per heavy atom. The second-order valence-electron chi connectivity index (χ2n) is 7.20. The number of nitrogens with two attached hydrogens (primary N) is 1. The summed E-state index contributed by atoms with van der Waals surface area (Å²) in [6, 6.07) is 6.18. The van der Waals surface area contributed by atoms with Crippen LogP contribution < -0.4 is 11.1 Å². The van der Waals surface area contributed by atoms with Crippen molar-refractivity contribution < 1.29 is 9.18 Å². The summed E-state index contributed by atoms with van der Waals surface area (Å²) in [6.45, 7) is 4.49. The van der Waals surface area contributed by atoms with Gasteiger partial charge >= 0.3 is 0 Å². The Morgan fingerprint density at radius 2 is 2.11 bits per heavy atom. The van der Waals surface area contributed by atoms with Crippen LogP contribution in [0.3, 0.4) is 0 Å². The average molecular weight is 396 g/mol. The fourth-order valence-corrected chi connectivity index (χ4v) is 3.50. The molecule has 3 N–H and O–H groups in total. The van der Waals surface area contributed by atoms with E-state index in [-0.39, 0.29) is 41.9 Å². The summed E-state index contributed by atoms with van der Waals surface area (Å²) in [4.78, 5) is 17.1. The first-order chi connectivity index (χ1) is 12.5. The van der Waals surface area contributed by atoms with Gasteiger partial charge in [-0.25, -0.2) is 14.1 Å². The molecule has 0 bridgehead atoms. The number of aromatic nitrogens is 3. The van der Waals surface area contributed by atoms with Crippen molar-refractivity contribution in [1.82, 2.24) is 20.1 Å². The number of rotatable bonds is 5. The maximum Gasteiger partial charge on any atom is 0.291 e. The molecule has 1 saturated carbocycles. The lowest BCUT2D eigenvalue weighted by molar-refractivity contribution is 0.0897. The van der Waals surface area contributed by atoms with Crippen molar-refractivity contribution in [3.05, 3.63) is 41.7 Å². The molecule has 8 heteroatoms. The molecule has 2 atom stereocenters. The lowest BCUT2D eigenvalue weighted by Gasteiger charge is -2.30. The molecule has 1 aromatic carbocycles. The number of benzene rings is 1. The zero-order valence-electron chi connectivity index (χ0n) is 15.7. The van der Waals surface area contributed by atoms with Crippen molar-refractivity contribution in [3.8, 4) is 5.69 Å². The van der Waals surface area contributed by atoms with E-state index in [9.17, 15) is 9.18 Å². The zero-order chi connectivity index (χ0) is 18.7. The first-order valence-electron chi connectivity index (χ1n) is 9.23. The number of nitrogens with one attached hydrogen (secondary N) is 1. The number of halogens is 2. The van der Waals surface area contributed by atoms with Gasteiger partial charge in [0.05, 0.1) is 5.69 Å². The minimum Gasteiger partial charge on any atom is -0.346 e. The summed E-state index contributed by atoms with van der Waals surface area (Å²) in [6.07, 6.45) is 4.20. The van der Waals surface area contributed by atoms with E-state index in [0.717, 1.165) is 25.7 Å². The van der Waals surface area contributed by atoms with Gasteiger partial charge < -0.3 is 11.1 Å². The normalized spacial score (nSPS) is 19.6. The second kappa shape index (κ2) is 9.28. The highest BCUT2D eigenvalue weighted by atomic mass is 35.5. The van der Waals surface area contributed by atoms with Crippen molar-refractivity contribution in [2.45, 2.75) is 51.5 Å². The van der Waals surface area contributed by atoms with Crippen molar-refractivity contribution in [1.29, 1.82) is 0 Å². The molecule has 27 heavy (non-hydrogen) atoms. The SMILES string of the molecule is CC(C)c1nc(C(=O)NC2CCCCC2CN)nn1-c1cccc(F)c1.Cl. The molecule has 0 radical (unpaired) electrons. The first kappa shape index (κ1) is 21.3. The number of amides is 1. The number of hydrogen-bond donors (Lipinski definition) is 2. The Balaban J connectivity index is 0.00000261. The molecule has 2 aromatic rings. The molecule has 148 valence electrons. The smallest absolute Gasteiger partial charge is 0.291 e. The van der Waals surface area contributed by atoms with E-state index < -0.39 is 0 Å². The van der Waals surface area contributed by atoms with Crippen LogP contribution in [0.5, 0.6) is 0 Å². The molecule has 1 amide bonds. The standard InChI is InChI=1S/C19H26FN5O.ClH/c1-12(2)18-23-17(24-25(18)15-8-5-7-14(20)10-15)19(26)22-16-9-4-3-6-13(16)11-21;/h5,7-8,10,12-13,16H,3-4,6,9,11,21H2,1-2H3,(H,22,26);1H. The Hall–Kier alpha value is -1.99. The number of carbonyl (C=O) groups is 1. The van der Waals surface area contributed by atoms with E-state index in [1.807, 2.05) is 13.8 Å². The summed E-state index contributed by atoms with van der Waals surface area (Å²) in [5, 5.41) is 7.40. The van der Waals surface area contributed by atoms with Crippen LogP contribution in [0.25, 0.3) is 5.69 Å². The fourth-order valence-electron chi connectivity index (χ4n) is 3.50. The van der Waals surface area contributed by atoms with Crippen LogP contribution in [0.15, 0.2) is 24.3 Å². The Kier molecular flexibility index (Phi) is 7.33. The minimum absolute atomic E-state index is 0. The van der Waals surface area contributed by atoms with E-state index in [1.165, 1.54) is 12.1 Å². The molecule has 3 rings (SSSR count). The van der Waals surface area contributed by atoms with Crippen molar-refractivity contribution >= 4 is 18.3 Å². The zero-order valence-corrected chi connectivity index (χ0v) is 16.5.